The van der Waals surface area contributed by atoms with Gasteiger partial charge in [-0.1, -0.05) is 11.2 Å². The lowest BCUT2D eigenvalue weighted by Crippen LogP contribution is -2.07. The third-order valence-electron chi connectivity index (χ3n) is 3.23. The lowest BCUT2D eigenvalue weighted by molar-refractivity contribution is 0.379. The molecule has 0 radical (unpaired) electrons. The summed E-state index contributed by atoms with van der Waals surface area (Å²) in [6.07, 6.45) is 3.51. The summed E-state index contributed by atoms with van der Waals surface area (Å²) < 4.78 is 10.3. The minimum atomic E-state index is 0.226. The van der Waals surface area contributed by atoms with Crippen molar-refractivity contribution in [3.05, 3.63) is 41.5 Å². The molecule has 0 saturated carbocycles. The number of nitrogens with zero attached hydrogens (tertiary/aromatic N) is 5. The fraction of sp³-hybridized carbons (Fsp3) is 0.267. The number of methoxy groups -OCH3 is 1. The molecule has 3 heterocycles. The highest BCUT2D eigenvalue weighted by atomic mass is 16.5. The minimum absolute atomic E-state index is 0.226. The van der Waals surface area contributed by atoms with Crippen molar-refractivity contribution in [1.29, 1.82) is 0 Å². The van der Waals surface area contributed by atoms with E-state index in [4.69, 9.17) is 9.26 Å². The summed E-state index contributed by atoms with van der Waals surface area (Å²) in [5.74, 6) is 1.52. The van der Waals surface area contributed by atoms with E-state index in [1.807, 2.05) is 26.0 Å². The van der Waals surface area contributed by atoms with Gasteiger partial charge in [-0.15, -0.1) is 0 Å². The number of rotatable bonds is 5. The summed E-state index contributed by atoms with van der Waals surface area (Å²) in [6, 6.07) is 4.07. The highest BCUT2D eigenvalue weighted by Crippen LogP contribution is 2.25. The molecule has 0 aliphatic heterocycles. The summed E-state index contributed by atoms with van der Waals surface area (Å²) in [5.41, 5.74) is 2.48. The first-order valence-electron chi connectivity index (χ1n) is 7.03. The van der Waals surface area contributed by atoms with Crippen molar-refractivity contribution < 1.29 is 9.26 Å². The largest absolute Gasteiger partial charge is 0.467 e. The van der Waals surface area contributed by atoms with Gasteiger partial charge >= 0.3 is 6.01 Å². The lowest BCUT2D eigenvalue weighted by Gasteiger charge is -2.08. The van der Waals surface area contributed by atoms with Gasteiger partial charge in [-0.3, -0.25) is 4.98 Å². The van der Waals surface area contributed by atoms with Crippen LogP contribution in [0.4, 0.5) is 5.95 Å². The fourth-order valence-corrected chi connectivity index (χ4v) is 2.12. The van der Waals surface area contributed by atoms with Gasteiger partial charge in [0.1, 0.15) is 5.76 Å². The predicted octanol–water partition coefficient (Wildman–Crippen LogP) is 2.16. The number of aromatic nitrogens is 5. The molecule has 0 aliphatic carbocycles. The molecule has 8 heteroatoms. The number of nitrogens with one attached hydrogen (secondary N) is 1. The Hall–Kier alpha value is -3.03. The van der Waals surface area contributed by atoms with Crippen molar-refractivity contribution in [2.45, 2.75) is 20.4 Å². The van der Waals surface area contributed by atoms with Crippen molar-refractivity contribution in [3.63, 3.8) is 0 Å². The van der Waals surface area contributed by atoms with Gasteiger partial charge in [0, 0.05) is 18.9 Å². The first kappa shape index (κ1) is 14.9. The molecule has 0 unspecified atom stereocenters. The van der Waals surface area contributed by atoms with Crippen LogP contribution in [0.5, 0.6) is 6.01 Å². The molecule has 1 N–H and O–H groups in total. The number of anilines is 1. The van der Waals surface area contributed by atoms with Gasteiger partial charge in [0.05, 0.1) is 18.4 Å². The van der Waals surface area contributed by atoms with E-state index in [2.05, 4.69) is 30.4 Å². The van der Waals surface area contributed by atoms with Crippen LogP contribution in [-0.2, 0) is 6.54 Å². The predicted molar refractivity (Wildman–Crippen MR) is 82.9 cm³/mol. The van der Waals surface area contributed by atoms with Crippen molar-refractivity contribution in [2.24, 2.45) is 0 Å². The molecular formula is C15H16N6O2. The van der Waals surface area contributed by atoms with Gasteiger partial charge in [-0.2, -0.15) is 15.0 Å². The Morgan fingerprint density at radius 3 is 2.74 bits per heavy atom. The van der Waals surface area contributed by atoms with Crippen LogP contribution >= 0.6 is 0 Å². The molecule has 118 valence electrons. The zero-order chi connectivity index (χ0) is 16.2. The zero-order valence-electron chi connectivity index (χ0n) is 13.1. The molecule has 0 amide bonds. The maximum atomic E-state index is 5.17. The maximum Gasteiger partial charge on any atom is 0.321 e. The van der Waals surface area contributed by atoms with Gasteiger partial charge in [-0.05, 0) is 25.5 Å². The fourth-order valence-electron chi connectivity index (χ4n) is 2.12. The van der Waals surface area contributed by atoms with Crippen molar-refractivity contribution in [1.82, 2.24) is 25.1 Å². The standard InChI is InChI=1S/C15H16N6O2/c1-9-12(10(2)23-21-9)13-18-14(20-15(19-13)22-3)17-8-11-5-4-6-16-7-11/h4-7H,8H2,1-3H3,(H,17,18,19,20). The molecule has 0 aromatic carbocycles. The van der Waals surface area contributed by atoms with Gasteiger partial charge in [0.15, 0.2) is 5.82 Å². The van der Waals surface area contributed by atoms with Gasteiger partial charge in [-0.25, -0.2) is 0 Å². The highest BCUT2D eigenvalue weighted by Gasteiger charge is 2.17. The Morgan fingerprint density at radius 1 is 1.22 bits per heavy atom. The van der Waals surface area contributed by atoms with Crippen LogP contribution < -0.4 is 10.1 Å². The minimum Gasteiger partial charge on any atom is -0.467 e. The summed E-state index contributed by atoms with van der Waals surface area (Å²) in [5, 5.41) is 7.07. The van der Waals surface area contributed by atoms with Crippen LogP contribution in [0.1, 0.15) is 17.0 Å². The van der Waals surface area contributed by atoms with Crippen molar-refractivity contribution >= 4 is 5.95 Å². The van der Waals surface area contributed by atoms with Crippen LogP contribution in [-0.4, -0.2) is 32.2 Å². The van der Waals surface area contributed by atoms with Gasteiger partial charge in [0.2, 0.25) is 5.95 Å². The van der Waals surface area contributed by atoms with E-state index < -0.39 is 0 Å². The SMILES string of the molecule is COc1nc(NCc2cccnc2)nc(-c2c(C)noc2C)n1. The van der Waals surface area contributed by atoms with Crippen LogP contribution in [0.3, 0.4) is 0 Å². The summed E-state index contributed by atoms with van der Waals surface area (Å²) in [6.45, 7) is 4.20. The molecule has 0 saturated heterocycles. The number of ether oxygens (including phenoxy) is 1. The number of hydrogen-bond donors (Lipinski definition) is 1. The molecule has 0 spiro atoms. The van der Waals surface area contributed by atoms with Crippen molar-refractivity contribution in [2.75, 3.05) is 12.4 Å². The Morgan fingerprint density at radius 2 is 2.09 bits per heavy atom. The quantitative estimate of drug-likeness (QED) is 0.765. The van der Waals surface area contributed by atoms with E-state index in [9.17, 15) is 0 Å². The molecular weight excluding hydrogens is 296 g/mol. The Kier molecular flexibility index (Phi) is 4.13. The zero-order valence-corrected chi connectivity index (χ0v) is 13.1. The third kappa shape index (κ3) is 3.25. The Balaban J connectivity index is 1.90. The molecule has 0 aliphatic rings. The van der Waals surface area contributed by atoms with E-state index in [1.165, 1.54) is 7.11 Å². The van der Waals surface area contributed by atoms with Gasteiger partial charge < -0.3 is 14.6 Å². The first-order chi connectivity index (χ1) is 11.2. The van der Waals surface area contributed by atoms with E-state index in [0.717, 1.165) is 11.1 Å². The second-order valence-corrected chi connectivity index (χ2v) is 4.88. The number of pyridine rings is 1. The smallest absolute Gasteiger partial charge is 0.321 e. The summed E-state index contributed by atoms with van der Waals surface area (Å²) in [4.78, 5) is 17.0. The molecule has 3 rings (SSSR count). The molecule has 23 heavy (non-hydrogen) atoms. The topological polar surface area (TPSA) is 98.8 Å². The highest BCUT2D eigenvalue weighted by molar-refractivity contribution is 5.61. The Bertz CT molecular complexity index is 783. The molecule has 0 atom stereocenters. The van der Waals surface area contributed by atoms with Crippen molar-refractivity contribution in [3.8, 4) is 17.4 Å². The normalized spacial score (nSPS) is 10.6. The van der Waals surface area contributed by atoms with Gasteiger partial charge in [0.25, 0.3) is 0 Å². The second-order valence-electron chi connectivity index (χ2n) is 4.88. The summed E-state index contributed by atoms with van der Waals surface area (Å²) in [7, 11) is 1.51. The molecule has 0 fully saturated rings. The number of aryl methyl sites for hydroxylation is 2. The average Bonchev–Trinajstić information content (AvgIpc) is 2.92. The molecule has 8 nitrogen and oxygen atoms in total. The van der Waals surface area contributed by atoms with Crippen LogP contribution in [0.25, 0.3) is 11.4 Å². The van der Waals surface area contributed by atoms with E-state index in [-0.39, 0.29) is 6.01 Å². The lowest BCUT2D eigenvalue weighted by atomic mass is 10.2. The Labute approximate surface area is 133 Å². The van der Waals surface area contributed by atoms with E-state index in [0.29, 0.717) is 29.8 Å². The summed E-state index contributed by atoms with van der Waals surface area (Å²) >= 11 is 0. The van der Waals surface area contributed by atoms with E-state index >= 15 is 0 Å². The number of hydrogen-bond acceptors (Lipinski definition) is 8. The van der Waals surface area contributed by atoms with E-state index in [1.54, 1.807) is 12.4 Å². The molecule has 0 bridgehead atoms. The van der Waals surface area contributed by atoms with Crippen LogP contribution in [0, 0.1) is 13.8 Å². The monoisotopic (exact) mass is 312 g/mol. The third-order valence-corrected chi connectivity index (χ3v) is 3.23. The van der Waals surface area contributed by atoms with Crippen LogP contribution in [0.2, 0.25) is 0 Å². The average molecular weight is 312 g/mol. The van der Waals surface area contributed by atoms with Crippen LogP contribution in [0.15, 0.2) is 29.0 Å². The molecule has 3 aromatic rings. The first-order valence-corrected chi connectivity index (χ1v) is 7.03. The molecule has 3 aromatic heterocycles. The maximum absolute atomic E-state index is 5.17. The second kappa shape index (κ2) is 6.39.